The van der Waals surface area contributed by atoms with Gasteiger partial charge in [-0.3, -0.25) is 0 Å². The number of carbonyl (C=O) groups is 1. The van der Waals surface area contributed by atoms with E-state index in [0.717, 1.165) is 17.7 Å². The van der Waals surface area contributed by atoms with Gasteiger partial charge in [0.2, 0.25) is 11.7 Å². The van der Waals surface area contributed by atoms with Crippen molar-refractivity contribution in [2.24, 2.45) is 0 Å². The molecule has 0 amide bonds. The van der Waals surface area contributed by atoms with E-state index < -0.39 is 5.97 Å². The molecule has 1 aliphatic rings. The normalized spacial score (nSPS) is 18.9. The third-order valence-electron chi connectivity index (χ3n) is 3.29. The number of carboxylic acids is 1. The van der Waals surface area contributed by atoms with Gasteiger partial charge in [-0.1, -0.05) is 23.7 Å². The number of hydrogen-bond donors (Lipinski definition) is 1. The highest BCUT2D eigenvalue weighted by molar-refractivity contribution is 7.99. The first-order chi connectivity index (χ1) is 9.74. The number of hydrogen-bond acceptors (Lipinski definition) is 5. The van der Waals surface area contributed by atoms with Crippen molar-refractivity contribution in [2.45, 2.75) is 24.5 Å². The summed E-state index contributed by atoms with van der Waals surface area (Å²) >= 11 is 1.86. The predicted molar refractivity (Wildman–Crippen MR) is 75.7 cm³/mol. The van der Waals surface area contributed by atoms with Crippen molar-refractivity contribution in [3.63, 3.8) is 0 Å². The summed E-state index contributed by atoms with van der Waals surface area (Å²) < 4.78 is 5.34. The molecule has 1 fully saturated rings. The van der Waals surface area contributed by atoms with Crippen LogP contribution >= 0.6 is 11.8 Å². The molecule has 1 aromatic heterocycles. The van der Waals surface area contributed by atoms with E-state index in [1.807, 2.05) is 11.8 Å². The Labute approximate surface area is 120 Å². The third kappa shape index (κ3) is 2.70. The Morgan fingerprint density at radius 1 is 1.30 bits per heavy atom. The second-order valence-corrected chi connectivity index (χ2v) is 6.00. The lowest BCUT2D eigenvalue weighted by Gasteiger charge is -2.16. The van der Waals surface area contributed by atoms with Gasteiger partial charge in [0.1, 0.15) is 0 Å². The molecule has 104 valence electrons. The summed E-state index contributed by atoms with van der Waals surface area (Å²) in [6.07, 6.45) is 3.52. The van der Waals surface area contributed by atoms with Crippen LogP contribution in [0.1, 0.15) is 40.8 Å². The summed E-state index contributed by atoms with van der Waals surface area (Å²) in [4.78, 5) is 15.2. The van der Waals surface area contributed by atoms with Crippen molar-refractivity contribution >= 4 is 17.7 Å². The van der Waals surface area contributed by atoms with Crippen molar-refractivity contribution in [1.82, 2.24) is 10.1 Å². The zero-order valence-corrected chi connectivity index (χ0v) is 11.6. The van der Waals surface area contributed by atoms with Gasteiger partial charge in [-0.15, -0.1) is 11.8 Å². The summed E-state index contributed by atoms with van der Waals surface area (Å²) in [6.45, 7) is 0. The molecule has 1 N–H and O–H groups in total. The molecule has 1 atom stereocenters. The number of aromatic nitrogens is 2. The zero-order valence-electron chi connectivity index (χ0n) is 10.8. The van der Waals surface area contributed by atoms with E-state index in [1.54, 1.807) is 24.3 Å². The minimum atomic E-state index is -0.941. The van der Waals surface area contributed by atoms with E-state index in [1.165, 1.54) is 12.8 Å². The van der Waals surface area contributed by atoms with Crippen LogP contribution in [-0.2, 0) is 0 Å². The Bertz CT molecular complexity index is 603. The summed E-state index contributed by atoms with van der Waals surface area (Å²) in [5.41, 5.74) is 1.02. The van der Waals surface area contributed by atoms with Gasteiger partial charge in [-0.05, 0) is 30.7 Å². The molecule has 3 rings (SSSR count). The van der Waals surface area contributed by atoms with Gasteiger partial charge in [0.05, 0.1) is 10.8 Å². The van der Waals surface area contributed by atoms with Crippen LogP contribution in [0.25, 0.3) is 11.4 Å². The summed E-state index contributed by atoms with van der Waals surface area (Å²) in [5, 5.41) is 13.2. The molecule has 5 nitrogen and oxygen atoms in total. The molecule has 0 bridgehead atoms. The molecule has 2 aromatic rings. The molecule has 1 saturated heterocycles. The van der Waals surface area contributed by atoms with E-state index in [4.69, 9.17) is 9.63 Å². The number of benzene rings is 1. The second kappa shape index (κ2) is 5.66. The highest BCUT2D eigenvalue weighted by atomic mass is 32.2. The van der Waals surface area contributed by atoms with Gasteiger partial charge in [0.25, 0.3) is 0 Å². The second-order valence-electron chi connectivity index (χ2n) is 4.69. The van der Waals surface area contributed by atoms with E-state index >= 15 is 0 Å². The molecule has 0 aliphatic carbocycles. The smallest absolute Gasteiger partial charge is 0.335 e. The number of thioether (sulfide) groups is 1. The van der Waals surface area contributed by atoms with Crippen molar-refractivity contribution in [3.05, 3.63) is 35.7 Å². The molecular weight excluding hydrogens is 276 g/mol. The van der Waals surface area contributed by atoms with Gasteiger partial charge in [0.15, 0.2) is 0 Å². The van der Waals surface area contributed by atoms with E-state index in [-0.39, 0.29) is 5.56 Å². The molecule has 2 heterocycles. The van der Waals surface area contributed by atoms with Crippen LogP contribution in [0.5, 0.6) is 0 Å². The molecule has 0 radical (unpaired) electrons. The summed E-state index contributed by atoms with van der Waals surface area (Å²) in [6, 6.07) is 6.49. The number of rotatable bonds is 3. The highest BCUT2D eigenvalue weighted by Crippen LogP contribution is 2.37. The third-order valence-corrected chi connectivity index (χ3v) is 4.65. The quantitative estimate of drug-likeness (QED) is 0.933. The Balaban J connectivity index is 1.80. The molecule has 1 aromatic carbocycles. The van der Waals surface area contributed by atoms with Crippen molar-refractivity contribution in [2.75, 3.05) is 5.75 Å². The molecule has 1 unspecified atom stereocenters. The fourth-order valence-corrected chi connectivity index (χ4v) is 3.41. The lowest BCUT2D eigenvalue weighted by Crippen LogP contribution is -2.02. The predicted octanol–water partition coefficient (Wildman–Crippen LogP) is 3.39. The number of aromatic carboxylic acids is 1. The molecule has 1 aliphatic heterocycles. The van der Waals surface area contributed by atoms with Crippen LogP contribution in [0.3, 0.4) is 0 Å². The maximum atomic E-state index is 10.8. The van der Waals surface area contributed by atoms with Crippen LogP contribution in [0.2, 0.25) is 0 Å². The first-order valence-electron chi connectivity index (χ1n) is 6.53. The van der Waals surface area contributed by atoms with E-state index in [0.29, 0.717) is 17.0 Å². The van der Waals surface area contributed by atoms with Crippen molar-refractivity contribution in [1.29, 1.82) is 0 Å². The lowest BCUT2D eigenvalue weighted by atomic mass is 10.1. The molecular formula is C14H14N2O3S. The molecule has 0 spiro atoms. The SMILES string of the molecule is O=C(O)c1ccc(-c2noc(C3CCCCS3)n2)cc1. The minimum absolute atomic E-state index is 0.250. The first kappa shape index (κ1) is 13.2. The van der Waals surface area contributed by atoms with Crippen LogP contribution in [0.15, 0.2) is 28.8 Å². The summed E-state index contributed by atoms with van der Waals surface area (Å²) in [7, 11) is 0. The van der Waals surface area contributed by atoms with Gasteiger partial charge < -0.3 is 9.63 Å². The fourth-order valence-electron chi connectivity index (χ4n) is 2.18. The van der Waals surface area contributed by atoms with Gasteiger partial charge >= 0.3 is 5.97 Å². The average Bonchev–Trinajstić information content (AvgIpc) is 2.98. The zero-order chi connectivity index (χ0) is 13.9. The van der Waals surface area contributed by atoms with Gasteiger partial charge in [0, 0.05) is 5.56 Å². The fraction of sp³-hybridized carbons (Fsp3) is 0.357. The van der Waals surface area contributed by atoms with Gasteiger partial charge in [-0.2, -0.15) is 4.98 Å². The first-order valence-corrected chi connectivity index (χ1v) is 7.58. The Kier molecular flexibility index (Phi) is 3.73. The van der Waals surface area contributed by atoms with Crippen LogP contribution in [0.4, 0.5) is 0 Å². The molecule has 0 saturated carbocycles. The van der Waals surface area contributed by atoms with Crippen molar-refractivity contribution in [3.8, 4) is 11.4 Å². The maximum absolute atomic E-state index is 10.8. The van der Waals surface area contributed by atoms with E-state index in [2.05, 4.69) is 10.1 Å². The lowest BCUT2D eigenvalue weighted by molar-refractivity contribution is 0.0697. The standard InChI is InChI=1S/C14H14N2O3S/c17-14(18)10-6-4-9(5-7-10)12-15-13(19-16-12)11-3-1-2-8-20-11/h4-7,11H,1-3,8H2,(H,17,18). The average molecular weight is 290 g/mol. The Hall–Kier alpha value is -1.82. The topological polar surface area (TPSA) is 76.2 Å². The Morgan fingerprint density at radius 3 is 2.75 bits per heavy atom. The molecule has 6 heteroatoms. The van der Waals surface area contributed by atoms with Crippen LogP contribution < -0.4 is 0 Å². The Morgan fingerprint density at radius 2 is 2.10 bits per heavy atom. The number of nitrogens with zero attached hydrogens (tertiary/aromatic N) is 2. The van der Waals surface area contributed by atoms with Crippen LogP contribution in [-0.4, -0.2) is 27.0 Å². The largest absolute Gasteiger partial charge is 0.478 e. The van der Waals surface area contributed by atoms with Gasteiger partial charge in [-0.25, -0.2) is 4.79 Å². The summed E-state index contributed by atoms with van der Waals surface area (Å²) in [5.74, 6) is 1.38. The maximum Gasteiger partial charge on any atom is 0.335 e. The van der Waals surface area contributed by atoms with E-state index in [9.17, 15) is 4.79 Å². The highest BCUT2D eigenvalue weighted by Gasteiger charge is 2.22. The monoisotopic (exact) mass is 290 g/mol. The van der Waals surface area contributed by atoms with Crippen molar-refractivity contribution < 1.29 is 14.4 Å². The van der Waals surface area contributed by atoms with Crippen LogP contribution in [0, 0.1) is 0 Å². The molecule has 20 heavy (non-hydrogen) atoms. The number of carboxylic acid groups (broad SMARTS) is 1. The minimum Gasteiger partial charge on any atom is -0.478 e.